The van der Waals surface area contributed by atoms with Crippen molar-refractivity contribution in [3.63, 3.8) is 0 Å². The van der Waals surface area contributed by atoms with Gasteiger partial charge in [0.1, 0.15) is 6.10 Å². The molecule has 4 heteroatoms. The highest BCUT2D eigenvalue weighted by molar-refractivity contribution is 5.98. The number of imide groups is 1. The third-order valence-electron chi connectivity index (χ3n) is 3.90. The van der Waals surface area contributed by atoms with Crippen LogP contribution in [0.2, 0.25) is 0 Å². The normalized spacial score (nSPS) is 23.3. The topological polar surface area (TPSA) is 46.6 Å². The molecule has 19 heavy (non-hydrogen) atoms. The van der Waals surface area contributed by atoms with Crippen LogP contribution < -0.4 is 0 Å². The van der Waals surface area contributed by atoms with E-state index in [0.717, 1.165) is 31.2 Å². The summed E-state index contributed by atoms with van der Waals surface area (Å²) in [5.74, 6) is -0.142. The van der Waals surface area contributed by atoms with E-state index < -0.39 is 6.09 Å². The lowest BCUT2D eigenvalue weighted by Crippen LogP contribution is -2.50. The molecule has 1 unspecified atom stereocenters. The van der Waals surface area contributed by atoms with Crippen LogP contribution in [0.5, 0.6) is 0 Å². The van der Waals surface area contributed by atoms with E-state index in [0.29, 0.717) is 6.42 Å². The summed E-state index contributed by atoms with van der Waals surface area (Å²) in [6, 6.07) is 9.48. The second-order valence-electron chi connectivity index (χ2n) is 5.18. The van der Waals surface area contributed by atoms with Crippen molar-refractivity contribution < 1.29 is 14.3 Å². The lowest BCUT2D eigenvalue weighted by molar-refractivity contribution is -0.143. The van der Waals surface area contributed by atoms with Gasteiger partial charge in [-0.2, -0.15) is 0 Å². The van der Waals surface area contributed by atoms with Crippen molar-refractivity contribution >= 4 is 12.0 Å². The first-order chi connectivity index (χ1) is 9.25. The molecule has 2 amide bonds. The van der Waals surface area contributed by atoms with Crippen molar-refractivity contribution in [3.8, 4) is 0 Å². The smallest absolute Gasteiger partial charge is 0.417 e. The maximum absolute atomic E-state index is 12.1. The zero-order valence-corrected chi connectivity index (χ0v) is 10.7. The summed E-state index contributed by atoms with van der Waals surface area (Å²) in [7, 11) is 0. The first-order valence-electron chi connectivity index (χ1n) is 6.83. The second-order valence-corrected chi connectivity index (χ2v) is 5.18. The van der Waals surface area contributed by atoms with Gasteiger partial charge in [-0.1, -0.05) is 30.3 Å². The molecule has 1 saturated carbocycles. The maximum atomic E-state index is 12.1. The van der Waals surface area contributed by atoms with E-state index in [9.17, 15) is 9.59 Å². The molecule has 1 aliphatic heterocycles. The molecule has 2 fully saturated rings. The zero-order chi connectivity index (χ0) is 13.2. The molecule has 1 heterocycles. The van der Waals surface area contributed by atoms with E-state index in [1.54, 1.807) is 0 Å². The van der Waals surface area contributed by atoms with E-state index in [4.69, 9.17) is 4.74 Å². The monoisotopic (exact) mass is 259 g/mol. The Labute approximate surface area is 112 Å². The van der Waals surface area contributed by atoms with E-state index in [1.807, 2.05) is 30.3 Å². The fourth-order valence-electron chi connectivity index (χ4n) is 2.79. The van der Waals surface area contributed by atoms with Gasteiger partial charge in [-0.15, -0.1) is 0 Å². The van der Waals surface area contributed by atoms with Gasteiger partial charge in [0.05, 0.1) is 12.5 Å². The highest BCUT2D eigenvalue weighted by Gasteiger charge is 2.43. The number of ether oxygens (including phenoxy) is 1. The largest absolute Gasteiger partial charge is 0.446 e. The second kappa shape index (κ2) is 5.03. The molecular weight excluding hydrogens is 242 g/mol. The quantitative estimate of drug-likeness (QED) is 0.767. The molecule has 0 aromatic heterocycles. The molecule has 0 radical (unpaired) electrons. The highest BCUT2D eigenvalue weighted by Crippen LogP contribution is 2.35. The average Bonchev–Trinajstić information content (AvgIpc) is 2.89. The number of benzene rings is 1. The SMILES string of the molecule is O=C1CC(c2ccccc2)N1C(=O)OC1CCCC1. The minimum Gasteiger partial charge on any atom is -0.446 e. The van der Waals surface area contributed by atoms with Crippen LogP contribution in [-0.2, 0) is 9.53 Å². The molecule has 2 aliphatic rings. The van der Waals surface area contributed by atoms with Crippen LogP contribution >= 0.6 is 0 Å². The van der Waals surface area contributed by atoms with Crippen LogP contribution in [-0.4, -0.2) is 23.0 Å². The average molecular weight is 259 g/mol. The number of amides is 2. The summed E-state index contributed by atoms with van der Waals surface area (Å²) in [5, 5.41) is 0. The van der Waals surface area contributed by atoms with Gasteiger partial charge >= 0.3 is 6.09 Å². The van der Waals surface area contributed by atoms with Gasteiger partial charge in [-0.25, -0.2) is 9.69 Å². The van der Waals surface area contributed by atoms with Gasteiger partial charge in [0.25, 0.3) is 0 Å². The number of hydrogen-bond acceptors (Lipinski definition) is 3. The molecule has 1 aromatic carbocycles. The van der Waals surface area contributed by atoms with Crippen LogP contribution in [0.3, 0.4) is 0 Å². The van der Waals surface area contributed by atoms with Crippen molar-refractivity contribution in [2.45, 2.75) is 44.2 Å². The van der Waals surface area contributed by atoms with Crippen LogP contribution in [0.25, 0.3) is 0 Å². The number of rotatable bonds is 2. The minimum atomic E-state index is -0.475. The van der Waals surface area contributed by atoms with Gasteiger partial charge in [-0.05, 0) is 31.2 Å². The Bertz CT molecular complexity index is 479. The van der Waals surface area contributed by atoms with E-state index in [1.165, 1.54) is 4.90 Å². The Balaban J connectivity index is 1.68. The molecule has 1 saturated heterocycles. The Morgan fingerprint density at radius 3 is 2.47 bits per heavy atom. The van der Waals surface area contributed by atoms with Crippen molar-refractivity contribution in [2.24, 2.45) is 0 Å². The molecule has 4 nitrogen and oxygen atoms in total. The molecule has 0 N–H and O–H groups in total. The molecular formula is C15H17NO3. The predicted molar refractivity (Wildman–Crippen MR) is 69.4 cm³/mol. The first-order valence-corrected chi connectivity index (χ1v) is 6.83. The molecule has 0 bridgehead atoms. The highest BCUT2D eigenvalue weighted by atomic mass is 16.6. The van der Waals surface area contributed by atoms with E-state index in [-0.39, 0.29) is 18.1 Å². The summed E-state index contributed by atoms with van der Waals surface area (Å²) in [4.78, 5) is 25.0. The number of carbonyl (C=O) groups excluding carboxylic acids is 2. The summed E-state index contributed by atoms with van der Waals surface area (Å²) in [6.45, 7) is 0. The lowest BCUT2D eigenvalue weighted by atomic mass is 9.95. The Hall–Kier alpha value is -1.84. The van der Waals surface area contributed by atoms with Crippen molar-refractivity contribution in [1.82, 2.24) is 4.90 Å². The maximum Gasteiger partial charge on any atom is 0.417 e. The first kappa shape index (κ1) is 12.2. The van der Waals surface area contributed by atoms with E-state index >= 15 is 0 Å². The van der Waals surface area contributed by atoms with Gasteiger partial charge < -0.3 is 4.74 Å². The minimum absolute atomic E-state index is 0.00248. The van der Waals surface area contributed by atoms with Gasteiger partial charge in [-0.3, -0.25) is 4.79 Å². The van der Waals surface area contributed by atoms with Crippen LogP contribution in [0.15, 0.2) is 30.3 Å². The molecule has 1 aromatic rings. The molecule has 100 valence electrons. The van der Waals surface area contributed by atoms with Crippen LogP contribution in [0.1, 0.15) is 43.7 Å². The van der Waals surface area contributed by atoms with Crippen molar-refractivity contribution in [1.29, 1.82) is 0 Å². The Morgan fingerprint density at radius 1 is 1.16 bits per heavy atom. The molecule has 1 atom stereocenters. The third-order valence-corrected chi connectivity index (χ3v) is 3.90. The van der Waals surface area contributed by atoms with Gasteiger partial charge in [0.2, 0.25) is 5.91 Å². The van der Waals surface area contributed by atoms with Crippen molar-refractivity contribution in [2.75, 3.05) is 0 Å². The summed E-state index contributed by atoms with van der Waals surface area (Å²) in [5.41, 5.74) is 0.991. The number of carbonyl (C=O) groups is 2. The summed E-state index contributed by atoms with van der Waals surface area (Å²) < 4.78 is 5.40. The molecule has 3 rings (SSSR count). The number of nitrogens with zero attached hydrogens (tertiary/aromatic N) is 1. The fourth-order valence-corrected chi connectivity index (χ4v) is 2.79. The molecule has 1 aliphatic carbocycles. The lowest BCUT2D eigenvalue weighted by Gasteiger charge is -2.38. The fraction of sp³-hybridized carbons (Fsp3) is 0.467. The third kappa shape index (κ3) is 2.35. The van der Waals surface area contributed by atoms with Gasteiger partial charge in [0, 0.05) is 0 Å². The number of β-lactam (4-membered cyclic amide) rings is 1. The zero-order valence-electron chi connectivity index (χ0n) is 10.7. The van der Waals surface area contributed by atoms with Gasteiger partial charge in [0.15, 0.2) is 0 Å². The Kier molecular flexibility index (Phi) is 3.23. The standard InChI is InChI=1S/C15H17NO3/c17-14-10-13(11-6-2-1-3-7-11)16(14)15(18)19-12-8-4-5-9-12/h1-3,6-7,12-13H,4-5,8-10H2. The van der Waals surface area contributed by atoms with E-state index in [2.05, 4.69) is 0 Å². The number of hydrogen-bond donors (Lipinski definition) is 0. The van der Waals surface area contributed by atoms with Crippen LogP contribution in [0, 0.1) is 0 Å². The Morgan fingerprint density at radius 2 is 1.84 bits per heavy atom. The predicted octanol–water partition coefficient (Wildman–Crippen LogP) is 3.04. The summed E-state index contributed by atoms with van der Waals surface area (Å²) in [6.07, 6.45) is 3.97. The number of likely N-dealkylation sites (tertiary alicyclic amines) is 1. The van der Waals surface area contributed by atoms with Crippen LogP contribution in [0.4, 0.5) is 4.79 Å². The van der Waals surface area contributed by atoms with Crippen molar-refractivity contribution in [3.05, 3.63) is 35.9 Å². The summed E-state index contributed by atoms with van der Waals surface area (Å²) >= 11 is 0. The molecule has 0 spiro atoms.